The first-order valence-corrected chi connectivity index (χ1v) is 14.0. The van der Waals surface area contributed by atoms with Gasteiger partial charge in [-0.15, -0.1) is 0 Å². The summed E-state index contributed by atoms with van der Waals surface area (Å²) in [6, 6.07) is 4.27. The van der Waals surface area contributed by atoms with Crippen LogP contribution in [0.25, 0.3) is 0 Å². The maximum Gasteiger partial charge on any atom is 0.126 e. The van der Waals surface area contributed by atoms with Crippen molar-refractivity contribution in [1.82, 2.24) is 0 Å². The van der Waals surface area contributed by atoms with Crippen LogP contribution in [0.15, 0.2) is 12.1 Å². The number of hydrogen-bond acceptors (Lipinski definition) is 0. The maximum atomic E-state index is 15.3. The number of benzene rings is 1. The monoisotopic (exact) mass is 426 g/mol. The fourth-order valence-corrected chi connectivity index (χ4v) is 7.32. The maximum absolute atomic E-state index is 15.3. The average molecular weight is 427 g/mol. The second-order valence-electron chi connectivity index (χ2n) is 11.5. The van der Waals surface area contributed by atoms with Crippen LogP contribution in [0.3, 0.4) is 0 Å². The third-order valence-corrected chi connectivity index (χ3v) is 9.24. The molecule has 0 amide bonds. The van der Waals surface area contributed by atoms with Crippen LogP contribution >= 0.6 is 0 Å². The van der Waals surface area contributed by atoms with E-state index in [1.807, 2.05) is 6.07 Å². The number of fused-ring (bicyclic) bond motifs is 2. The fraction of sp³-hybridized carbons (Fsp3) is 0.800. The molecule has 0 aromatic heterocycles. The van der Waals surface area contributed by atoms with Crippen LogP contribution in [0.2, 0.25) is 0 Å². The fourth-order valence-electron chi connectivity index (χ4n) is 7.32. The summed E-state index contributed by atoms with van der Waals surface area (Å²) >= 11 is 0. The summed E-state index contributed by atoms with van der Waals surface area (Å²) in [5.41, 5.74) is 3.89. The summed E-state index contributed by atoms with van der Waals surface area (Å²) < 4.78 is 15.3. The third kappa shape index (κ3) is 5.94. The van der Waals surface area contributed by atoms with Gasteiger partial charge in [-0.2, -0.15) is 0 Å². The molecular formula is C30H47F. The Labute approximate surface area is 191 Å². The zero-order valence-corrected chi connectivity index (χ0v) is 20.4. The van der Waals surface area contributed by atoms with Gasteiger partial charge >= 0.3 is 0 Å². The predicted octanol–water partition coefficient (Wildman–Crippen LogP) is 9.39. The van der Waals surface area contributed by atoms with E-state index >= 15 is 4.39 Å². The van der Waals surface area contributed by atoms with E-state index in [1.165, 1.54) is 114 Å². The van der Waals surface area contributed by atoms with Gasteiger partial charge in [-0.05, 0) is 104 Å². The molecule has 3 aliphatic rings. The molecule has 31 heavy (non-hydrogen) atoms. The normalized spacial score (nSPS) is 30.6. The van der Waals surface area contributed by atoms with Gasteiger partial charge in [0.15, 0.2) is 0 Å². The minimum atomic E-state index is 0.116. The van der Waals surface area contributed by atoms with Crippen LogP contribution in [0, 0.1) is 29.5 Å². The highest BCUT2D eigenvalue weighted by molar-refractivity contribution is 5.37. The van der Waals surface area contributed by atoms with Crippen molar-refractivity contribution in [2.24, 2.45) is 23.7 Å². The highest BCUT2D eigenvalue weighted by atomic mass is 19.1. The summed E-state index contributed by atoms with van der Waals surface area (Å²) in [7, 11) is 0. The molecule has 0 N–H and O–H groups in total. The Bertz CT molecular complexity index is 692. The molecule has 0 aliphatic heterocycles. The zero-order chi connectivity index (χ0) is 21.6. The molecular weight excluding hydrogens is 379 g/mol. The molecule has 174 valence electrons. The van der Waals surface area contributed by atoms with Gasteiger partial charge in [0.1, 0.15) is 5.82 Å². The van der Waals surface area contributed by atoms with Gasteiger partial charge < -0.3 is 0 Å². The van der Waals surface area contributed by atoms with Crippen molar-refractivity contribution in [1.29, 1.82) is 0 Å². The van der Waals surface area contributed by atoms with E-state index in [2.05, 4.69) is 19.9 Å². The van der Waals surface area contributed by atoms with Crippen LogP contribution in [-0.4, -0.2) is 0 Å². The smallest absolute Gasteiger partial charge is 0.126 e. The Morgan fingerprint density at radius 2 is 1.52 bits per heavy atom. The molecule has 0 nitrogen and oxygen atoms in total. The molecule has 1 aromatic rings. The average Bonchev–Trinajstić information content (AvgIpc) is 2.79. The molecule has 0 heterocycles. The SMILES string of the molecule is CCCCCCC1CCc2cc(C3CCC4CC(CCCC)CCC4C3)c(F)cc2C1. The Morgan fingerprint density at radius 1 is 0.742 bits per heavy atom. The Hall–Kier alpha value is -0.850. The first-order chi connectivity index (χ1) is 15.2. The summed E-state index contributed by atoms with van der Waals surface area (Å²) in [5.74, 6) is 4.15. The van der Waals surface area contributed by atoms with E-state index < -0.39 is 0 Å². The first-order valence-electron chi connectivity index (χ1n) is 14.0. The standard InChI is InChI=1S/C30H47F/c1-3-5-7-8-10-23-12-14-26-20-29(30(31)21-28(26)18-23)27-16-15-24-17-22(9-6-4-2)11-13-25(24)19-27/h20-25,27H,3-19H2,1-2H3. The molecule has 0 radical (unpaired) electrons. The van der Waals surface area contributed by atoms with Gasteiger partial charge in [-0.25, -0.2) is 4.39 Å². The van der Waals surface area contributed by atoms with Crippen molar-refractivity contribution in [3.05, 3.63) is 34.6 Å². The van der Waals surface area contributed by atoms with Crippen molar-refractivity contribution in [2.45, 2.75) is 129 Å². The molecule has 1 aromatic carbocycles. The molecule has 0 saturated heterocycles. The molecule has 5 unspecified atom stereocenters. The van der Waals surface area contributed by atoms with Crippen LogP contribution in [0.5, 0.6) is 0 Å². The number of unbranched alkanes of at least 4 members (excludes halogenated alkanes) is 4. The molecule has 0 bridgehead atoms. The molecule has 2 fully saturated rings. The van der Waals surface area contributed by atoms with Crippen LogP contribution in [0.4, 0.5) is 4.39 Å². The minimum absolute atomic E-state index is 0.116. The second kappa shape index (κ2) is 11.3. The zero-order valence-electron chi connectivity index (χ0n) is 20.4. The highest BCUT2D eigenvalue weighted by Crippen LogP contribution is 2.49. The second-order valence-corrected chi connectivity index (χ2v) is 11.5. The van der Waals surface area contributed by atoms with Crippen molar-refractivity contribution in [3.63, 3.8) is 0 Å². The molecule has 5 atom stereocenters. The predicted molar refractivity (Wildman–Crippen MR) is 131 cm³/mol. The summed E-state index contributed by atoms with van der Waals surface area (Å²) in [6.45, 7) is 4.60. The van der Waals surface area contributed by atoms with Crippen LogP contribution < -0.4 is 0 Å². The van der Waals surface area contributed by atoms with E-state index in [4.69, 9.17) is 0 Å². The van der Waals surface area contributed by atoms with E-state index in [9.17, 15) is 0 Å². The van der Waals surface area contributed by atoms with Gasteiger partial charge in [0.05, 0.1) is 0 Å². The number of aryl methyl sites for hydroxylation is 1. The Kier molecular flexibility index (Phi) is 8.52. The van der Waals surface area contributed by atoms with Crippen molar-refractivity contribution in [3.8, 4) is 0 Å². The third-order valence-electron chi connectivity index (χ3n) is 9.24. The molecule has 3 aliphatic carbocycles. The molecule has 2 saturated carbocycles. The van der Waals surface area contributed by atoms with E-state index in [1.54, 1.807) is 0 Å². The Balaban J connectivity index is 1.34. The number of hydrogen-bond donors (Lipinski definition) is 0. The lowest BCUT2D eigenvalue weighted by atomic mass is 9.63. The quantitative estimate of drug-likeness (QED) is 0.345. The van der Waals surface area contributed by atoms with Gasteiger partial charge in [-0.1, -0.05) is 77.7 Å². The van der Waals surface area contributed by atoms with Crippen molar-refractivity contribution >= 4 is 0 Å². The summed E-state index contributed by atoms with van der Waals surface area (Å²) in [5, 5.41) is 0. The van der Waals surface area contributed by atoms with E-state index in [0.717, 1.165) is 35.7 Å². The molecule has 0 spiro atoms. The van der Waals surface area contributed by atoms with E-state index in [0.29, 0.717) is 5.92 Å². The molecule has 4 rings (SSSR count). The largest absolute Gasteiger partial charge is 0.207 e. The van der Waals surface area contributed by atoms with Gasteiger partial charge in [0.2, 0.25) is 0 Å². The van der Waals surface area contributed by atoms with Crippen LogP contribution in [-0.2, 0) is 12.8 Å². The Morgan fingerprint density at radius 3 is 2.35 bits per heavy atom. The van der Waals surface area contributed by atoms with Gasteiger partial charge in [-0.3, -0.25) is 0 Å². The number of halogens is 1. The van der Waals surface area contributed by atoms with E-state index in [-0.39, 0.29) is 5.82 Å². The lowest BCUT2D eigenvalue weighted by molar-refractivity contribution is 0.112. The van der Waals surface area contributed by atoms with Gasteiger partial charge in [0.25, 0.3) is 0 Å². The summed E-state index contributed by atoms with van der Waals surface area (Å²) in [4.78, 5) is 0. The lowest BCUT2D eigenvalue weighted by Gasteiger charge is -2.42. The molecule has 1 heteroatoms. The number of rotatable bonds is 9. The van der Waals surface area contributed by atoms with Crippen molar-refractivity contribution < 1.29 is 4.39 Å². The first kappa shape index (κ1) is 23.3. The van der Waals surface area contributed by atoms with Crippen molar-refractivity contribution in [2.75, 3.05) is 0 Å². The summed E-state index contributed by atoms with van der Waals surface area (Å²) in [6.07, 6.45) is 22.7. The topological polar surface area (TPSA) is 0 Å². The van der Waals surface area contributed by atoms with Crippen LogP contribution in [0.1, 0.15) is 133 Å². The highest BCUT2D eigenvalue weighted by Gasteiger charge is 2.36. The van der Waals surface area contributed by atoms with Gasteiger partial charge in [0, 0.05) is 0 Å². The minimum Gasteiger partial charge on any atom is -0.207 e. The lowest BCUT2D eigenvalue weighted by Crippen LogP contribution is -2.31.